The van der Waals surface area contributed by atoms with Crippen LogP contribution in [0.4, 0.5) is 5.82 Å². The van der Waals surface area contributed by atoms with Gasteiger partial charge in [-0.25, -0.2) is 13.4 Å². The average Bonchev–Trinajstić information content (AvgIpc) is 2.99. The van der Waals surface area contributed by atoms with E-state index < -0.39 is 10.0 Å². The molecular formula is C17H16ClN3O2S. The number of benzene rings is 2. The summed E-state index contributed by atoms with van der Waals surface area (Å²) in [6, 6.07) is 12.7. The van der Waals surface area contributed by atoms with Gasteiger partial charge in [-0.1, -0.05) is 29.8 Å². The molecule has 0 unspecified atom stereocenters. The Hall–Kier alpha value is -2.31. The van der Waals surface area contributed by atoms with E-state index in [1.807, 2.05) is 30.3 Å². The maximum absolute atomic E-state index is 12.6. The van der Waals surface area contributed by atoms with E-state index in [1.165, 1.54) is 0 Å². The highest BCUT2D eigenvalue weighted by molar-refractivity contribution is 7.92. The zero-order chi connectivity index (χ0) is 17.3. The monoisotopic (exact) mass is 361 g/mol. The molecule has 124 valence electrons. The largest absolute Gasteiger partial charge is 0.304 e. The van der Waals surface area contributed by atoms with Gasteiger partial charge in [0.15, 0.2) is 5.82 Å². The summed E-state index contributed by atoms with van der Waals surface area (Å²) in [7, 11) is -3.74. The van der Waals surface area contributed by atoms with Crippen molar-refractivity contribution >= 4 is 27.4 Å². The molecule has 0 aliphatic carbocycles. The number of para-hydroxylation sites is 1. The van der Waals surface area contributed by atoms with Crippen molar-refractivity contribution in [1.82, 2.24) is 9.55 Å². The van der Waals surface area contributed by atoms with E-state index in [2.05, 4.69) is 9.71 Å². The lowest BCUT2D eigenvalue weighted by Crippen LogP contribution is -2.14. The Morgan fingerprint density at radius 2 is 1.79 bits per heavy atom. The first-order valence-corrected chi connectivity index (χ1v) is 9.12. The number of aromatic nitrogens is 2. The van der Waals surface area contributed by atoms with Crippen LogP contribution in [0.2, 0.25) is 5.02 Å². The van der Waals surface area contributed by atoms with Gasteiger partial charge in [-0.2, -0.15) is 0 Å². The number of sulfonamides is 1. The number of halogens is 1. The van der Waals surface area contributed by atoms with E-state index in [4.69, 9.17) is 11.6 Å². The Balaban J connectivity index is 1.91. The van der Waals surface area contributed by atoms with Crippen molar-refractivity contribution in [1.29, 1.82) is 0 Å². The van der Waals surface area contributed by atoms with Gasteiger partial charge < -0.3 is 4.57 Å². The molecule has 2 aromatic carbocycles. The maximum Gasteiger partial charge on any atom is 0.263 e. The summed E-state index contributed by atoms with van der Waals surface area (Å²) in [5.41, 5.74) is 2.19. The van der Waals surface area contributed by atoms with E-state index in [0.717, 1.165) is 5.69 Å². The van der Waals surface area contributed by atoms with Crippen LogP contribution in [-0.2, 0) is 10.0 Å². The minimum absolute atomic E-state index is 0.193. The molecule has 24 heavy (non-hydrogen) atoms. The van der Waals surface area contributed by atoms with Gasteiger partial charge in [0.25, 0.3) is 10.0 Å². The molecule has 1 heterocycles. The molecule has 0 amide bonds. The predicted octanol–water partition coefficient (Wildman–Crippen LogP) is 3.94. The summed E-state index contributed by atoms with van der Waals surface area (Å²) >= 11 is 6.04. The van der Waals surface area contributed by atoms with Crippen molar-refractivity contribution in [3.63, 3.8) is 0 Å². The third-order valence-electron chi connectivity index (χ3n) is 3.62. The third-order valence-corrected chi connectivity index (χ3v) is 5.53. The van der Waals surface area contributed by atoms with Crippen LogP contribution in [0.5, 0.6) is 0 Å². The maximum atomic E-state index is 12.6. The van der Waals surface area contributed by atoms with Gasteiger partial charge in [-0.15, -0.1) is 0 Å². The molecule has 1 N–H and O–H groups in total. The topological polar surface area (TPSA) is 64.0 Å². The number of nitrogens with one attached hydrogen (secondary N) is 1. The minimum atomic E-state index is -3.74. The Morgan fingerprint density at radius 1 is 1.08 bits per heavy atom. The zero-order valence-electron chi connectivity index (χ0n) is 13.2. The first-order valence-electron chi connectivity index (χ1n) is 7.26. The number of aryl methyl sites for hydroxylation is 2. The first kappa shape index (κ1) is 16.5. The first-order chi connectivity index (χ1) is 11.4. The predicted molar refractivity (Wildman–Crippen MR) is 95.3 cm³/mol. The molecule has 0 bridgehead atoms. The van der Waals surface area contributed by atoms with E-state index in [1.54, 1.807) is 43.1 Å². The Labute approximate surface area is 146 Å². The lowest BCUT2D eigenvalue weighted by molar-refractivity contribution is 0.600. The van der Waals surface area contributed by atoms with Crippen molar-refractivity contribution in [3.05, 3.63) is 71.1 Å². The van der Waals surface area contributed by atoms with Gasteiger partial charge in [-0.05, 0) is 49.2 Å². The van der Waals surface area contributed by atoms with Crippen LogP contribution >= 0.6 is 11.6 Å². The second-order valence-corrected chi connectivity index (χ2v) is 7.53. The smallest absolute Gasteiger partial charge is 0.263 e. The summed E-state index contributed by atoms with van der Waals surface area (Å²) in [5, 5.41) is 0.541. The van der Waals surface area contributed by atoms with Crippen molar-refractivity contribution in [2.45, 2.75) is 18.7 Å². The highest BCUT2D eigenvalue weighted by Crippen LogP contribution is 2.25. The number of hydrogen-bond donors (Lipinski definition) is 1. The van der Waals surface area contributed by atoms with Crippen LogP contribution in [0, 0.1) is 13.8 Å². The fourth-order valence-electron chi connectivity index (χ4n) is 2.35. The van der Waals surface area contributed by atoms with Gasteiger partial charge >= 0.3 is 0 Å². The highest BCUT2D eigenvalue weighted by atomic mass is 35.5. The molecule has 0 saturated carbocycles. The molecule has 0 atom stereocenters. The quantitative estimate of drug-likeness (QED) is 0.765. The van der Waals surface area contributed by atoms with Crippen molar-refractivity contribution in [2.24, 2.45) is 0 Å². The van der Waals surface area contributed by atoms with E-state index >= 15 is 0 Å². The van der Waals surface area contributed by atoms with E-state index in [0.29, 0.717) is 16.1 Å². The summed E-state index contributed by atoms with van der Waals surface area (Å²) < 4.78 is 29.5. The second kappa shape index (κ2) is 6.30. The Morgan fingerprint density at radius 3 is 2.50 bits per heavy atom. The molecule has 0 saturated heterocycles. The van der Waals surface area contributed by atoms with Gasteiger partial charge in [0.05, 0.1) is 11.1 Å². The molecular weight excluding hydrogens is 346 g/mol. The number of rotatable bonds is 4. The number of anilines is 1. The second-order valence-electron chi connectivity index (χ2n) is 5.47. The van der Waals surface area contributed by atoms with Gasteiger partial charge in [0, 0.05) is 10.7 Å². The number of imidazole rings is 1. The Kier molecular flexibility index (Phi) is 4.34. The standard InChI is InChI=1S/C17H16ClN3O2S/c1-12-9-16(13(2)8-15(12)18)24(22,23)20-17-10-21(11-19-17)14-6-4-3-5-7-14/h3-11,20H,1-2H3. The summed E-state index contributed by atoms with van der Waals surface area (Å²) in [4.78, 5) is 4.31. The zero-order valence-corrected chi connectivity index (χ0v) is 14.8. The van der Waals surface area contributed by atoms with Gasteiger partial charge in [0.2, 0.25) is 0 Å². The molecule has 1 aromatic heterocycles. The number of nitrogens with zero attached hydrogens (tertiary/aromatic N) is 2. The molecule has 3 rings (SSSR count). The normalized spacial score (nSPS) is 11.5. The molecule has 0 aliphatic heterocycles. The lowest BCUT2D eigenvalue weighted by atomic mass is 10.2. The summed E-state index contributed by atoms with van der Waals surface area (Å²) in [6.07, 6.45) is 3.19. The highest BCUT2D eigenvalue weighted by Gasteiger charge is 2.19. The van der Waals surface area contributed by atoms with Crippen LogP contribution in [0.1, 0.15) is 11.1 Å². The van der Waals surface area contributed by atoms with Crippen LogP contribution in [0.25, 0.3) is 5.69 Å². The van der Waals surface area contributed by atoms with Crippen LogP contribution < -0.4 is 4.72 Å². The lowest BCUT2D eigenvalue weighted by Gasteiger charge is -2.10. The van der Waals surface area contributed by atoms with Crippen molar-refractivity contribution in [2.75, 3.05) is 4.72 Å². The summed E-state index contributed by atoms with van der Waals surface area (Å²) in [5.74, 6) is 0.255. The molecule has 5 nitrogen and oxygen atoms in total. The van der Waals surface area contributed by atoms with Crippen molar-refractivity contribution in [3.8, 4) is 5.69 Å². The van der Waals surface area contributed by atoms with Gasteiger partial charge in [0.1, 0.15) is 6.33 Å². The molecule has 7 heteroatoms. The molecule has 0 spiro atoms. The van der Waals surface area contributed by atoms with E-state index in [9.17, 15) is 8.42 Å². The number of hydrogen-bond acceptors (Lipinski definition) is 3. The van der Waals surface area contributed by atoms with Crippen LogP contribution in [0.3, 0.4) is 0 Å². The minimum Gasteiger partial charge on any atom is -0.304 e. The molecule has 0 aliphatic rings. The SMILES string of the molecule is Cc1cc(S(=O)(=O)Nc2cn(-c3ccccc3)cn2)c(C)cc1Cl. The van der Waals surface area contributed by atoms with E-state index in [-0.39, 0.29) is 10.7 Å². The Bertz CT molecular complexity index is 982. The van der Waals surface area contributed by atoms with Crippen LogP contribution in [-0.4, -0.2) is 18.0 Å². The third kappa shape index (κ3) is 3.29. The molecule has 0 fully saturated rings. The van der Waals surface area contributed by atoms with Crippen LogP contribution in [0.15, 0.2) is 59.9 Å². The van der Waals surface area contributed by atoms with Gasteiger partial charge in [-0.3, -0.25) is 4.72 Å². The average molecular weight is 362 g/mol. The fraction of sp³-hybridized carbons (Fsp3) is 0.118. The molecule has 3 aromatic rings. The fourth-order valence-corrected chi connectivity index (χ4v) is 3.88. The van der Waals surface area contributed by atoms with Crippen molar-refractivity contribution < 1.29 is 8.42 Å². The molecule has 0 radical (unpaired) electrons. The summed E-state index contributed by atoms with van der Waals surface area (Å²) in [6.45, 7) is 3.48.